The molecule has 0 spiro atoms. The highest BCUT2D eigenvalue weighted by molar-refractivity contribution is 7.94. The van der Waals surface area contributed by atoms with Gasteiger partial charge in [0.05, 0.1) is 29.7 Å². The van der Waals surface area contributed by atoms with E-state index in [0.29, 0.717) is 10.4 Å². The number of hydrogen-bond donors (Lipinski definition) is 1. The van der Waals surface area contributed by atoms with Gasteiger partial charge < -0.3 is 4.74 Å². The summed E-state index contributed by atoms with van der Waals surface area (Å²) in [6.07, 6.45) is 0. The number of rotatable bonds is 6. The average Bonchev–Trinajstić information content (AvgIpc) is 2.81. The highest BCUT2D eigenvalue weighted by atomic mass is 32.2. The van der Waals surface area contributed by atoms with Crippen molar-refractivity contribution in [2.24, 2.45) is 5.92 Å². The van der Waals surface area contributed by atoms with Gasteiger partial charge in [-0.3, -0.25) is 9.52 Å². The van der Waals surface area contributed by atoms with Crippen molar-refractivity contribution in [3.05, 3.63) is 48.0 Å². The number of carbonyl (C=O) groups is 1. The molecule has 30 heavy (non-hydrogen) atoms. The summed E-state index contributed by atoms with van der Waals surface area (Å²) in [6, 6.07) is 5.57. The summed E-state index contributed by atoms with van der Waals surface area (Å²) in [5.41, 5.74) is -0.558. The van der Waals surface area contributed by atoms with E-state index in [9.17, 15) is 30.4 Å². The van der Waals surface area contributed by atoms with Gasteiger partial charge in [-0.2, -0.15) is 0 Å². The van der Waals surface area contributed by atoms with Gasteiger partial charge in [-0.05, 0) is 37.3 Å². The second-order valence-electron chi connectivity index (χ2n) is 6.61. The lowest BCUT2D eigenvalue weighted by atomic mass is 10.2. The largest absolute Gasteiger partial charge is 0.492 e. The first-order chi connectivity index (χ1) is 13.9. The van der Waals surface area contributed by atoms with Gasteiger partial charge in [0, 0.05) is 6.07 Å². The highest BCUT2D eigenvalue weighted by Crippen LogP contribution is 2.35. The van der Waals surface area contributed by atoms with Crippen LogP contribution in [0.3, 0.4) is 0 Å². The Hall–Kier alpha value is -2.73. The van der Waals surface area contributed by atoms with Crippen LogP contribution in [-0.2, 0) is 24.8 Å². The summed E-state index contributed by atoms with van der Waals surface area (Å²) >= 11 is 0. The van der Waals surface area contributed by atoms with Gasteiger partial charge in [0.25, 0.3) is 10.0 Å². The fourth-order valence-electron chi connectivity index (χ4n) is 3.02. The van der Waals surface area contributed by atoms with Crippen LogP contribution in [0.25, 0.3) is 0 Å². The van der Waals surface area contributed by atoms with E-state index >= 15 is 0 Å². The minimum atomic E-state index is -4.46. The Kier molecular flexibility index (Phi) is 5.74. The molecular formula is C18H18F2N2O6S2. The van der Waals surface area contributed by atoms with Crippen LogP contribution in [0.1, 0.15) is 13.8 Å². The van der Waals surface area contributed by atoms with Gasteiger partial charge in [0.15, 0.2) is 0 Å². The molecule has 0 bridgehead atoms. The van der Waals surface area contributed by atoms with E-state index in [1.54, 1.807) is 6.92 Å². The Bertz CT molecular complexity index is 1190. The summed E-state index contributed by atoms with van der Waals surface area (Å²) in [4.78, 5) is 11.8. The van der Waals surface area contributed by atoms with Gasteiger partial charge in [0.2, 0.25) is 15.9 Å². The van der Waals surface area contributed by atoms with Crippen molar-refractivity contribution in [1.29, 1.82) is 0 Å². The maximum absolute atomic E-state index is 13.4. The van der Waals surface area contributed by atoms with Crippen LogP contribution in [0.15, 0.2) is 41.3 Å². The standard InChI is InChI=1S/C18H18F2N2O6S2/c1-3-28-16-5-4-15(22-18(23)11(2)10-29(22,24)25)9-17(16)30(26,27)21-14-7-12(19)6-13(20)8-14/h4-9,11,21H,3,10H2,1-2H3. The zero-order valence-electron chi connectivity index (χ0n) is 15.9. The van der Waals surface area contributed by atoms with Gasteiger partial charge in [0.1, 0.15) is 22.3 Å². The molecule has 1 unspecified atom stereocenters. The molecule has 0 aliphatic carbocycles. The maximum Gasteiger partial charge on any atom is 0.265 e. The monoisotopic (exact) mass is 460 g/mol. The van der Waals surface area contributed by atoms with Crippen LogP contribution in [-0.4, -0.2) is 35.1 Å². The molecule has 12 heteroatoms. The van der Waals surface area contributed by atoms with E-state index in [4.69, 9.17) is 4.74 Å². The van der Waals surface area contributed by atoms with Crippen molar-refractivity contribution in [2.75, 3.05) is 21.4 Å². The Labute approximate surface area is 172 Å². The number of halogens is 2. The quantitative estimate of drug-likeness (QED) is 0.709. The lowest BCUT2D eigenvalue weighted by molar-refractivity contribution is -0.119. The number of hydrogen-bond acceptors (Lipinski definition) is 6. The Morgan fingerprint density at radius 3 is 2.33 bits per heavy atom. The first-order valence-electron chi connectivity index (χ1n) is 8.77. The van der Waals surface area contributed by atoms with Crippen LogP contribution in [0.4, 0.5) is 20.2 Å². The van der Waals surface area contributed by atoms with Crippen molar-refractivity contribution in [3.63, 3.8) is 0 Å². The first-order valence-corrected chi connectivity index (χ1v) is 11.9. The van der Waals surface area contributed by atoms with Crippen molar-refractivity contribution in [3.8, 4) is 5.75 Å². The molecule has 1 amide bonds. The highest BCUT2D eigenvalue weighted by Gasteiger charge is 2.42. The number of nitrogens with one attached hydrogen (secondary N) is 1. The molecule has 162 valence electrons. The SMILES string of the molecule is CCOc1ccc(N2C(=O)C(C)CS2(=O)=O)cc1S(=O)(=O)Nc1cc(F)cc(F)c1. The van der Waals surface area contributed by atoms with Crippen molar-refractivity contribution in [2.45, 2.75) is 18.7 Å². The molecule has 3 rings (SSSR count). The van der Waals surface area contributed by atoms with Crippen LogP contribution in [0, 0.1) is 17.6 Å². The summed E-state index contributed by atoms with van der Waals surface area (Å²) in [6.45, 7) is 3.15. The van der Waals surface area contributed by atoms with E-state index in [1.807, 2.05) is 4.72 Å². The molecule has 0 saturated carbocycles. The number of anilines is 2. The predicted molar refractivity (Wildman–Crippen MR) is 105 cm³/mol. The Morgan fingerprint density at radius 2 is 1.80 bits per heavy atom. The molecule has 1 aliphatic rings. The summed E-state index contributed by atoms with van der Waals surface area (Å²) in [5.74, 6) is -3.98. The van der Waals surface area contributed by atoms with Gasteiger partial charge in [-0.15, -0.1) is 0 Å². The minimum Gasteiger partial charge on any atom is -0.492 e. The Balaban J connectivity index is 2.10. The van der Waals surface area contributed by atoms with Crippen molar-refractivity contribution < 1.29 is 35.1 Å². The predicted octanol–water partition coefficient (Wildman–Crippen LogP) is 2.48. The molecule has 1 atom stereocenters. The average molecular weight is 460 g/mol. The van der Waals surface area contributed by atoms with Crippen molar-refractivity contribution in [1.82, 2.24) is 0 Å². The van der Waals surface area contributed by atoms with Gasteiger partial charge >= 0.3 is 0 Å². The second-order valence-corrected chi connectivity index (χ2v) is 10.1. The first kappa shape index (κ1) is 22.0. The smallest absolute Gasteiger partial charge is 0.265 e. The Morgan fingerprint density at radius 1 is 1.17 bits per heavy atom. The third kappa shape index (κ3) is 4.24. The third-order valence-electron chi connectivity index (χ3n) is 4.23. The zero-order valence-corrected chi connectivity index (χ0v) is 17.6. The molecular weight excluding hydrogens is 442 g/mol. The zero-order chi connectivity index (χ0) is 22.3. The molecule has 1 fully saturated rings. The molecule has 1 heterocycles. The molecule has 0 aromatic heterocycles. The summed E-state index contributed by atoms with van der Waals surface area (Å²) in [5, 5.41) is 0. The molecule has 1 N–H and O–H groups in total. The van der Waals surface area contributed by atoms with Crippen LogP contribution < -0.4 is 13.8 Å². The summed E-state index contributed by atoms with van der Waals surface area (Å²) in [7, 11) is -8.43. The lowest BCUT2D eigenvalue weighted by Gasteiger charge is -2.19. The maximum atomic E-state index is 13.4. The van der Waals surface area contributed by atoms with Crippen LogP contribution >= 0.6 is 0 Å². The number of amides is 1. The fourth-order valence-corrected chi connectivity index (χ4v) is 6.04. The van der Waals surface area contributed by atoms with Crippen LogP contribution in [0.2, 0.25) is 0 Å². The second kappa shape index (κ2) is 7.84. The van der Waals surface area contributed by atoms with Gasteiger partial charge in [-0.25, -0.2) is 29.9 Å². The van der Waals surface area contributed by atoms with E-state index in [2.05, 4.69) is 0 Å². The number of nitrogens with zero attached hydrogens (tertiary/aromatic N) is 1. The van der Waals surface area contributed by atoms with Gasteiger partial charge in [-0.1, -0.05) is 6.92 Å². The van der Waals surface area contributed by atoms with E-state index in [1.165, 1.54) is 19.1 Å². The lowest BCUT2D eigenvalue weighted by Crippen LogP contribution is -2.30. The molecule has 2 aromatic carbocycles. The number of benzene rings is 2. The molecule has 1 saturated heterocycles. The van der Waals surface area contributed by atoms with E-state index < -0.39 is 54.2 Å². The fraction of sp³-hybridized carbons (Fsp3) is 0.278. The normalized spacial score (nSPS) is 18.5. The molecule has 1 aliphatic heterocycles. The molecule has 8 nitrogen and oxygen atoms in total. The molecule has 2 aromatic rings. The number of sulfonamides is 2. The van der Waals surface area contributed by atoms with Crippen molar-refractivity contribution >= 4 is 37.3 Å². The van der Waals surface area contributed by atoms with Crippen LogP contribution in [0.5, 0.6) is 5.75 Å². The van der Waals surface area contributed by atoms with E-state index in [0.717, 1.165) is 18.2 Å². The number of carbonyl (C=O) groups excluding carboxylic acids is 1. The van der Waals surface area contributed by atoms with E-state index in [-0.39, 0.29) is 23.7 Å². The minimum absolute atomic E-state index is 0.0917. The molecule has 0 radical (unpaired) electrons. The summed E-state index contributed by atoms with van der Waals surface area (Å²) < 4.78 is 85.2. The number of ether oxygens (including phenoxy) is 1. The third-order valence-corrected chi connectivity index (χ3v) is 7.50. The topological polar surface area (TPSA) is 110 Å².